The number of benzene rings is 2. The van der Waals surface area contributed by atoms with Gasteiger partial charge in [0.2, 0.25) is 7.37 Å². The first-order valence-corrected chi connectivity index (χ1v) is 10.3. The van der Waals surface area contributed by atoms with Crippen LogP contribution in [0.25, 0.3) is 0 Å². The first-order chi connectivity index (χ1) is 12.0. The Labute approximate surface area is 148 Å². The molecule has 25 heavy (non-hydrogen) atoms. The van der Waals surface area contributed by atoms with Crippen LogP contribution in [0.4, 0.5) is 0 Å². The van der Waals surface area contributed by atoms with Gasteiger partial charge in [0, 0.05) is 12.6 Å². The van der Waals surface area contributed by atoms with Crippen molar-refractivity contribution in [3.8, 4) is 0 Å². The molecule has 0 aromatic heterocycles. The van der Waals surface area contributed by atoms with Crippen molar-refractivity contribution in [2.24, 2.45) is 5.73 Å². The minimum Gasteiger partial charge on any atom is -0.368 e. The predicted molar refractivity (Wildman–Crippen MR) is 99.3 cm³/mol. The van der Waals surface area contributed by atoms with Crippen LogP contribution >= 0.6 is 7.37 Å². The highest BCUT2D eigenvalue weighted by atomic mass is 31.2. The van der Waals surface area contributed by atoms with Crippen molar-refractivity contribution in [3.05, 3.63) is 71.8 Å². The highest BCUT2D eigenvalue weighted by molar-refractivity contribution is 7.58. The molecule has 2 aromatic rings. The lowest BCUT2D eigenvalue weighted by Crippen LogP contribution is -2.25. The molecule has 3 unspecified atom stereocenters. The van der Waals surface area contributed by atoms with Crippen molar-refractivity contribution in [2.75, 3.05) is 6.16 Å². The zero-order valence-electron chi connectivity index (χ0n) is 14.2. The van der Waals surface area contributed by atoms with Crippen LogP contribution in [0.2, 0.25) is 0 Å². The third-order valence-electron chi connectivity index (χ3n) is 4.08. The summed E-state index contributed by atoms with van der Waals surface area (Å²) in [4.78, 5) is 10.2. The van der Waals surface area contributed by atoms with E-state index in [2.05, 4.69) is 0 Å². The largest absolute Gasteiger partial charge is 0.368 e. The summed E-state index contributed by atoms with van der Waals surface area (Å²) in [6, 6.07) is 19.1. The lowest BCUT2D eigenvalue weighted by Gasteiger charge is -2.21. The first kappa shape index (κ1) is 19.8. The van der Waals surface area contributed by atoms with Gasteiger partial charge >= 0.3 is 0 Å². The Morgan fingerprint density at radius 3 is 2.12 bits per heavy atom. The van der Waals surface area contributed by atoms with E-state index in [-0.39, 0.29) is 19.0 Å². The standard InChI is InChI=1S/C19H26NO4P/c20-18(25(22,23)14-13-16-7-3-1-4-8-16)11-12-19(21)24-15-17-9-5-2-6-10-17/h1-10,18-19,21H,11-15,20H2,(H,22,23). The normalized spacial score (nSPS) is 16.1. The zero-order chi connectivity index (χ0) is 18.1. The lowest BCUT2D eigenvalue weighted by atomic mass is 10.2. The summed E-state index contributed by atoms with van der Waals surface area (Å²) >= 11 is 0. The molecule has 4 N–H and O–H groups in total. The summed E-state index contributed by atoms with van der Waals surface area (Å²) in [6.07, 6.45) is 0.108. The summed E-state index contributed by atoms with van der Waals surface area (Å²) in [5, 5.41) is 9.88. The molecule has 0 aliphatic carbocycles. The molecule has 2 aromatic carbocycles. The van der Waals surface area contributed by atoms with E-state index in [1.54, 1.807) is 0 Å². The molecule has 5 nitrogen and oxygen atoms in total. The van der Waals surface area contributed by atoms with Crippen LogP contribution in [0.3, 0.4) is 0 Å². The van der Waals surface area contributed by atoms with Crippen molar-refractivity contribution in [1.29, 1.82) is 0 Å². The summed E-state index contributed by atoms with van der Waals surface area (Å²) in [6.45, 7) is 0.294. The van der Waals surface area contributed by atoms with Gasteiger partial charge in [0.1, 0.15) is 0 Å². The van der Waals surface area contributed by atoms with Gasteiger partial charge in [-0.2, -0.15) is 0 Å². The van der Waals surface area contributed by atoms with Gasteiger partial charge in [-0.15, -0.1) is 0 Å². The summed E-state index contributed by atoms with van der Waals surface area (Å²) in [5.74, 6) is -0.855. The van der Waals surface area contributed by atoms with Gasteiger partial charge in [0.25, 0.3) is 0 Å². The molecule has 2 rings (SSSR count). The third-order valence-corrected chi connectivity index (χ3v) is 6.24. The smallest absolute Gasteiger partial charge is 0.217 e. The quantitative estimate of drug-likeness (QED) is 0.446. The summed E-state index contributed by atoms with van der Waals surface area (Å²) in [5.41, 5.74) is 7.86. The van der Waals surface area contributed by atoms with Crippen LogP contribution in [0, 0.1) is 0 Å². The fraction of sp³-hybridized carbons (Fsp3) is 0.368. The van der Waals surface area contributed by atoms with Crippen LogP contribution in [0.1, 0.15) is 24.0 Å². The predicted octanol–water partition coefficient (Wildman–Crippen LogP) is 3.10. The van der Waals surface area contributed by atoms with Crippen molar-refractivity contribution in [1.82, 2.24) is 0 Å². The highest BCUT2D eigenvalue weighted by Crippen LogP contribution is 2.46. The number of aliphatic hydroxyl groups excluding tert-OH is 1. The second kappa shape index (κ2) is 9.85. The number of rotatable bonds is 10. The number of hydrogen-bond donors (Lipinski definition) is 3. The summed E-state index contributed by atoms with van der Waals surface area (Å²) in [7, 11) is -3.47. The average Bonchev–Trinajstić information content (AvgIpc) is 2.64. The summed E-state index contributed by atoms with van der Waals surface area (Å²) < 4.78 is 17.7. The van der Waals surface area contributed by atoms with Gasteiger partial charge in [-0.05, 0) is 24.0 Å². The maximum Gasteiger partial charge on any atom is 0.217 e. The van der Waals surface area contributed by atoms with E-state index >= 15 is 0 Å². The minimum absolute atomic E-state index is 0.138. The fourth-order valence-electron chi connectivity index (χ4n) is 2.46. The first-order valence-electron chi connectivity index (χ1n) is 8.42. The van der Waals surface area contributed by atoms with Gasteiger partial charge in [0.05, 0.1) is 12.4 Å². The Kier molecular flexibility index (Phi) is 7.82. The molecule has 0 saturated heterocycles. The third kappa shape index (κ3) is 7.10. The van der Waals surface area contributed by atoms with E-state index in [1.807, 2.05) is 60.7 Å². The SMILES string of the molecule is NC(CCC(O)OCc1ccccc1)P(=O)(O)CCc1ccccc1. The minimum atomic E-state index is -3.47. The van der Waals surface area contributed by atoms with Gasteiger partial charge < -0.3 is 20.5 Å². The lowest BCUT2D eigenvalue weighted by molar-refractivity contribution is -0.112. The van der Waals surface area contributed by atoms with E-state index in [4.69, 9.17) is 10.5 Å². The number of aliphatic hydroxyl groups is 1. The van der Waals surface area contributed by atoms with E-state index < -0.39 is 19.4 Å². The Bertz CT molecular complexity index is 666. The molecule has 0 aliphatic rings. The molecule has 0 spiro atoms. The number of nitrogens with two attached hydrogens (primary N) is 1. The molecule has 3 atom stereocenters. The zero-order valence-corrected chi connectivity index (χ0v) is 15.1. The fourth-order valence-corrected chi connectivity index (χ4v) is 3.93. The van der Waals surface area contributed by atoms with E-state index in [9.17, 15) is 14.6 Å². The van der Waals surface area contributed by atoms with Crippen molar-refractivity contribution in [3.63, 3.8) is 0 Å². The van der Waals surface area contributed by atoms with Crippen molar-refractivity contribution in [2.45, 2.75) is 37.9 Å². The van der Waals surface area contributed by atoms with Gasteiger partial charge in [-0.1, -0.05) is 60.7 Å². The van der Waals surface area contributed by atoms with Crippen LogP contribution in [-0.2, 0) is 22.3 Å². The topological polar surface area (TPSA) is 92.8 Å². The van der Waals surface area contributed by atoms with E-state index in [1.165, 1.54) is 0 Å². The molecule has 6 heteroatoms. The maximum absolute atomic E-state index is 12.4. The maximum atomic E-state index is 12.4. The monoisotopic (exact) mass is 363 g/mol. The molecule has 136 valence electrons. The number of hydrogen-bond acceptors (Lipinski definition) is 4. The Morgan fingerprint density at radius 2 is 1.52 bits per heavy atom. The molecule has 0 aliphatic heterocycles. The molecule has 0 saturated carbocycles. The average molecular weight is 363 g/mol. The van der Waals surface area contributed by atoms with Crippen LogP contribution in [-0.4, -0.2) is 28.2 Å². The van der Waals surface area contributed by atoms with Gasteiger partial charge in [0.15, 0.2) is 6.29 Å². The van der Waals surface area contributed by atoms with Crippen molar-refractivity contribution >= 4 is 7.37 Å². The molecule has 0 amide bonds. The van der Waals surface area contributed by atoms with Crippen LogP contribution in [0.15, 0.2) is 60.7 Å². The second-order valence-corrected chi connectivity index (χ2v) is 8.73. The Hall–Kier alpha value is -1.49. The molecular weight excluding hydrogens is 337 g/mol. The van der Waals surface area contributed by atoms with Crippen molar-refractivity contribution < 1.29 is 19.3 Å². The molecule has 0 radical (unpaired) electrons. The van der Waals surface area contributed by atoms with Crippen LogP contribution < -0.4 is 5.73 Å². The Morgan fingerprint density at radius 1 is 0.960 bits per heavy atom. The number of ether oxygens (including phenoxy) is 1. The van der Waals surface area contributed by atoms with Crippen LogP contribution in [0.5, 0.6) is 0 Å². The molecule has 0 heterocycles. The van der Waals surface area contributed by atoms with Gasteiger partial charge in [-0.25, -0.2) is 0 Å². The molecular formula is C19H26NO4P. The second-order valence-electron chi connectivity index (χ2n) is 6.11. The van der Waals surface area contributed by atoms with E-state index in [0.29, 0.717) is 13.0 Å². The van der Waals surface area contributed by atoms with Gasteiger partial charge in [-0.3, -0.25) is 4.57 Å². The Balaban J connectivity index is 1.72. The van der Waals surface area contributed by atoms with E-state index in [0.717, 1.165) is 11.1 Å². The highest BCUT2D eigenvalue weighted by Gasteiger charge is 2.27. The molecule has 0 bridgehead atoms. The number of aryl methyl sites for hydroxylation is 1. The molecule has 0 fully saturated rings.